The normalized spacial score (nSPS) is 25.7. The number of nitrogens with zero attached hydrogens (tertiary/aromatic N) is 6. The third kappa shape index (κ3) is 3.55. The van der Waals surface area contributed by atoms with Gasteiger partial charge in [-0.25, -0.2) is 0 Å². The highest BCUT2D eigenvalue weighted by Gasteiger charge is 2.34. The highest BCUT2D eigenvalue weighted by molar-refractivity contribution is 5.13. The van der Waals surface area contributed by atoms with Crippen molar-refractivity contribution in [3.63, 3.8) is 0 Å². The molecular formula is C19H30N6O. The summed E-state index contributed by atoms with van der Waals surface area (Å²) in [5.41, 5.74) is 1.31. The molecule has 0 aromatic carbocycles. The van der Waals surface area contributed by atoms with Gasteiger partial charge in [0.15, 0.2) is 5.82 Å². The van der Waals surface area contributed by atoms with Gasteiger partial charge in [0.2, 0.25) is 5.89 Å². The Morgan fingerprint density at radius 1 is 1.31 bits per heavy atom. The Hall–Kier alpha value is -1.73. The van der Waals surface area contributed by atoms with Crippen molar-refractivity contribution >= 4 is 0 Å². The lowest BCUT2D eigenvalue weighted by Gasteiger charge is -2.41. The molecule has 0 N–H and O–H groups in total. The second kappa shape index (κ2) is 7.12. The molecular weight excluding hydrogens is 328 g/mol. The molecule has 7 nitrogen and oxygen atoms in total. The summed E-state index contributed by atoms with van der Waals surface area (Å²) < 4.78 is 7.45. The molecule has 26 heavy (non-hydrogen) atoms. The molecule has 0 spiro atoms. The number of rotatable bonds is 6. The topological polar surface area (TPSA) is 63.2 Å². The molecule has 1 saturated heterocycles. The van der Waals surface area contributed by atoms with Crippen LogP contribution < -0.4 is 0 Å². The molecule has 4 rings (SSSR count). The Labute approximate surface area is 155 Å². The maximum atomic E-state index is 5.55. The maximum Gasteiger partial charge on any atom is 0.243 e. The summed E-state index contributed by atoms with van der Waals surface area (Å²) in [5.74, 6) is 2.74. The van der Waals surface area contributed by atoms with Crippen LogP contribution in [0.25, 0.3) is 0 Å². The third-order valence-electron chi connectivity index (χ3n) is 6.01. The summed E-state index contributed by atoms with van der Waals surface area (Å²) in [4.78, 5) is 9.47. The number of aryl methyl sites for hydroxylation is 1. The van der Waals surface area contributed by atoms with Gasteiger partial charge >= 0.3 is 0 Å². The molecule has 1 aliphatic carbocycles. The molecule has 7 heteroatoms. The molecule has 3 heterocycles. The first-order chi connectivity index (χ1) is 12.5. The van der Waals surface area contributed by atoms with E-state index in [9.17, 15) is 0 Å². The summed E-state index contributed by atoms with van der Waals surface area (Å²) in [7, 11) is 6.39. The summed E-state index contributed by atoms with van der Waals surface area (Å²) in [6, 6.07) is 0.550. The van der Waals surface area contributed by atoms with Crippen LogP contribution in [0, 0.1) is 5.92 Å². The number of likely N-dealkylation sites (tertiary alicyclic amines) is 1. The molecule has 2 aromatic heterocycles. The lowest BCUT2D eigenvalue weighted by Crippen LogP contribution is -2.41. The second-order valence-electron chi connectivity index (χ2n) is 8.16. The van der Waals surface area contributed by atoms with Crippen LogP contribution in [0.5, 0.6) is 0 Å². The standard InChI is InChI=1S/C19H30N6O/c1-13(19-21-18(22-26-19)14-7-8-14)24(3)11-15-6-5-9-23(2)17(15)16-10-20-25(4)12-16/h10,12-15,17H,5-9,11H2,1-4H3/t13-,15-,17+/m0/s1. The molecule has 0 radical (unpaired) electrons. The van der Waals surface area contributed by atoms with Crippen molar-refractivity contribution in [1.82, 2.24) is 29.7 Å². The first kappa shape index (κ1) is 17.7. The highest BCUT2D eigenvalue weighted by atomic mass is 16.5. The Bertz CT molecular complexity index is 736. The van der Waals surface area contributed by atoms with Crippen molar-refractivity contribution < 1.29 is 4.52 Å². The molecule has 0 unspecified atom stereocenters. The van der Waals surface area contributed by atoms with Crippen molar-refractivity contribution in [3.8, 4) is 0 Å². The molecule has 1 aliphatic heterocycles. The summed E-state index contributed by atoms with van der Waals surface area (Å²) >= 11 is 0. The van der Waals surface area contributed by atoms with E-state index in [1.807, 2.05) is 17.9 Å². The fraction of sp³-hybridized carbons (Fsp3) is 0.737. The summed E-state index contributed by atoms with van der Waals surface area (Å²) in [5, 5.41) is 8.56. The van der Waals surface area contributed by atoms with Crippen molar-refractivity contribution in [2.24, 2.45) is 13.0 Å². The van der Waals surface area contributed by atoms with E-state index in [-0.39, 0.29) is 6.04 Å². The van der Waals surface area contributed by atoms with Crippen LogP contribution in [0.3, 0.4) is 0 Å². The van der Waals surface area contributed by atoms with E-state index in [2.05, 4.69) is 52.3 Å². The first-order valence-electron chi connectivity index (χ1n) is 9.75. The predicted molar refractivity (Wildman–Crippen MR) is 98.6 cm³/mol. The molecule has 142 valence electrons. The van der Waals surface area contributed by atoms with Crippen molar-refractivity contribution in [2.45, 2.75) is 50.6 Å². The van der Waals surface area contributed by atoms with Crippen LogP contribution >= 0.6 is 0 Å². The monoisotopic (exact) mass is 358 g/mol. The first-order valence-corrected chi connectivity index (χ1v) is 9.75. The van der Waals surface area contributed by atoms with E-state index in [1.165, 1.54) is 31.2 Å². The lowest BCUT2D eigenvalue weighted by atomic mass is 9.85. The molecule has 2 fully saturated rings. The average Bonchev–Trinajstić information content (AvgIpc) is 3.19. The Kier molecular flexibility index (Phi) is 4.84. The van der Waals surface area contributed by atoms with Gasteiger partial charge in [-0.1, -0.05) is 5.16 Å². The van der Waals surface area contributed by atoms with Crippen LogP contribution in [0.15, 0.2) is 16.9 Å². The second-order valence-corrected chi connectivity index (χ2v) is 8.16. The molecule has 0 bridgehead atoms. The highest BCUT2D eigenvalue weighted by Crippen LogP contribution is 2.39. The van der Waals surface area contributed by atoms with Gasteiger partial charge < -0.3 is 4.52 Å². The van der Waals surface area contributed by atoms with Crippen molar-refractivity contribution in [1.29, 1.82) is 0 Å². The Balaban J connectivity index is 1.46. The number of aromatic nitrogens is 4. The van der Waals surface area contributed by atoms with Gasteiger partial charge in [-0.05, 0) is 59.2 Å². The molecule has 3 atom stereocenters. The van der Waals surface area contributed by atoms with Gasteiger partial charge in [0.25, 0.3) is 0 Å². The number of hydrogen-bond acceptors (Lipinski definition) is 6. The number of hydrogen-bond donors (Lipinski definition) is 0. The fourth-order valence-corrected chi connectivity index (χ4v) is 4.21. The van der Waals surface area contributed by atoms with Gasteiger partial charge in [-0.2, -0.15) is 10.1 Å². The van der Waals surface area contributed by atoms with E-state index >= 15 is 0 Å². The lowest BCUT2D eigenvalue weighted by molar-refractivity contribution is 0.0784. The third-order valence-corrected chi connectivity index (χ3v) is 6.01. The molecule has 2 aliphatic rings. The minimum Gasteiger partial charge on any atom is -0.338 e. The van der Waals surface area contributed by atoms with Gasteiger partial charge in [0.05, 0.1) is 12.2 Å². The van der Waals surface area contributed by atoms with Gasteiger partial charge in [0, 0.05) is 37.3 Å². The molecule has 1 saturated carbocycles. The molecule has 2 aromatic rings. The van der Waals surface area contributed by atoms with Crippen molar-refractivity contribution in [2.75, 3.05) is 27.2 Å². The predicted octanol–water partition coefficient (Wildman–Crippen LogP) is 2.76. The summed E-state index contributed by atoms with van der Waals surface area (Å²) in [6.07, 6.45) is 9.05. The smallest absolute Gasteiger partial charge is 0.243 e. The van der Waals surface area contributed by atoms with E-state index < -0.39 is 0 Å². The zero-order valence-corrected chi connectivity index (χ0v) is 16.3. The van der Waals surface area contributed by atoms with Gasteiger partial charge in [-0.15, -0.1) is 0 Å². The minimum absolute atomic E-state index is 0.136. The van der Waals surface area contributed by atoms with E-state index in [1.54, 1.807) is 0 Å². The van der Waals surface area contributed by atoms with Crippen LogP contribution in [0.1, 0.15) is 67.9 Å². The summed E-state index contributed by atoms with van der Waals surface area (Å²) in [6.45, 7) is 4.31. The van der Waals surface area contributed by atoms with E-state index in [0.29, 0.717) is 17.9 Å². The SMILES string of the molecule is C[C@@H](c1nc(C2CC2)no1)N(C)C[C@@H]1CCCN(C)[C@H]1c1cnn(C)c1. The van der Waals surface area contributed by atoms with Crippen LogP contribution in [0.2, 0.25) is 0 Å². The van der Waals surface area contributed by atoms with Crippen molar-refractivity contribution in [3.05, 3.63) is 29.7 Å². The fourth-order valence-electron chi connectivity index (χ4n) is 4.21. The number of piperidine rings is 1. The maximum absolute atomic E-state index is 5.55. The largest absolute Gasteiger partial charge is 0.338 e. The quantitative estimate of drug-likeness (QED) is 0.791. The molecule has 0 amide bonds. The Morgan fingerprint density at radius 2 is 2.12 bits per heavy atom. The van der Waals surface area contributed by atoms with Crippen LogP contribution in [0.4, 0.5) is 0 Å². The zero-order chi connectivity index (χ0) is 18.3. The Morgan fingerprint density at radius 3 is 2.81 bits per heavy atom. The van der Waals surface area contributed by atoms with Gasteiger partial charge in [0.1, 0.15) is 0 Å². The van der Waals surface area contributed by atoms with Crippen LogP contribution in [-0.2, 0) is 7.05 Å². The van der Waals surface area contributed by atoms with E-state index in [0.717, 1.165) is 24.8 Å². The van der Waals surface area contributed by atoms with Crippen LogP contribution in [-0.4, -0.2) is 56.9 Å². The van der Waals surface area contributed by atoms with E-state index in [4.69, 9.17) is 4.52 Å². The average molecular weight is 358 g/mol. The van der Waals surface area contributed by atoms with Gasteiger partial charge in [-0.3, -0.25) is 14.5 Å². The zero-order valence-electron chi connectivity index (χ0n) is 16.3. The minimum atomic E-state index is 0.136.